The number of likely N-dealkylation sites (tertiary alicyclic amines) is 2. The number of pyridine rings is 1. The molecule has 2 aromatic heterocycles. The van der Waals surface area contributed by atoms with Gasteiger partial charge >= 0.3 is 5.97 Å². The van der Waals surface area contributed by atoms with E-state index in [1.807, 2.05) is 24.3 Å². The Kier molecular flexibility index (Phi) is 12.0. The molecule has 3 aliphatic heterocycles. The van der Waals surface area contributed by atoms with Crippen LogP contribution in [0.15, 0.2) is 42.7 Å². The van der Waals surface area contributed by atoms with Gasteiger partial charge in [-0.2, -0.15) is 0 Å². The molecule has 3 fully saturated rings. The number of halogens is 4. The van der Waals surface area contributed by atoms with Crippen molar-refractivity contribution in [3.63, 3.8) is 0 Å². The molecule has 0 bridgehead atoms. The number of hydrogen-bond donors (Lipinski definition) is 1. The van der Waals surface area contributed by atoms with E-state index in [0.29, 0.717) is 45.9 Å². The SMILES string of the molecule is CN1CCC2C(CCN2c2ncc(Oc3cc(CN4CCC(CC(=O)O)CC4)cc(-c4cc(Cl)cc(Cl)c4)n3)cn2)C1.Cl.Cl. The summed E-state index contributed by atoms with van der Waals surface area (Å²) in [5.41, 5.74) is 2.54. The Bertz CT molecular complexity index is 1400. The number of aliphatic carboxylic acids is 1. The van der Waals surface area contributed by atoms with Crippen LogP contribution < -0.4 is 9.64 Å². The fraction of sp³-hybridized carbons (Fsp3) is 0.484. The number of fused-ring (bicyclic) bond motifs is 1. The van der Waals surface area contributed by atoms with Crippen molar-refractivity contribution in [2.45, 2.75) is 44.7 Å². The number of ether oxygens (including phenoxy) is 1. The third-order valence-corrected chi connectivity index (χ3v) is 9.16. The van der Waals surface area contributed by atoms with Crippen LogP contribution in [0.1, 0.15) is 37.7 Å². The molecule has 2 atom stereocenters. The van der Waals surface area contributed by atoms with Gasteiger partial charge < -0.3 is 19.6 Å². The number of hydrogen-bond acceptors (Lipinski definition) is 8. The minimum Gasteiger partial charge on any atom is -0.481 e. The van der Waals surface area contributed by atoms with Gasteiger partial charge in [-0.1, -0.05) is 23.2 Å². The van der Waals surface area contributed by atoms with Crippen LogP contribution in [-0.4, -0.2) is 81.6 Å². The number of benzene rings is 1. The number of rotatable bonds is 8. The number of aromatic nitrogens is 3. The van der Waals surface area contributed by atoms with Crippen LogP contribution >= 0.6 is 48.0 Å². The van der Waals surface area contributed by atoms with Crippen molar-refractivity contribution in [2.75, 3.05) is 44.7 Å². The molecule has 3 aliphatic rings. The van der Waals surface area contributed by atoms with Crippen molar-refractivity contribution in [1.82, 2.24) is 24.8 Å². The van der Waals surface area contributed by atoms with Gasteiger partial charge in [0.15, 0.2) is 5.75 Å². The van der Waals surface area contributed by atoms with E-state index in [1.54, 1.807) is 18.5 Å². The van der Waals surface area contributed by atoms with Gasteiger partial charge in [0.25, 0.3) is 0 Å². The van der Waals surface area contributed by atoms with Crippen LogP contribution in [0, 0.1) is 11.8 Å². The predicted octanol–water partition coefficient (Wildman–Crippen LogP) is 6.70. The third-order valence-electron chi connectivity index (χ3n) is 8.73. The first-order valence-electron chi connectivity index (χ1n) is 14.7. The van der Waals surface area contributed by atoms with Gasteiger partial charge in [-0.25, -0.2) is 15.0 Å². The first-order valence-corrected chi connectivity index (χ1v) is 15.4. The van der Waals surface area contributed by atoms with Crippen molar-refractivity contribution < 1.29 is 14.6 Å². The number of carboxylic acid groups (broad SMARTS) is 1. The lowest BCUT2D eigenvalue weighted by Gasteiger charge is -2.36. The highest BCUT2D eigenvalue weighted by Gasteiger charge is 2.38. The second kappa shape index (κ2) is 15.3. The zero-order valence-electron chi connectivity index (χ0n) is 24.6. The number of piperidine rings is 2. The molecule has 1 aromatic carbocycles. The molecule has 13 heteroatoms. The Morgan fingerprint density at radius 2 is 1.66 bits per heavy atom. The Hall–Kier alpha value is -2.40. The average Bonchev–Trinajstić information content (AvgIpc) is 3.37. The van der Waals surface area contributed by atoms with Crippen molar-refractivity contribution >= 4 is 59.9 Å². The molecule has 3 aromatic rings. The van der Waals surface area contributed by atoms with E-state index in [2.05, 4.69) is 31.7 Å². The molecule has 0 radical (unpaired) electrons. The minimum absolute atomic E-state index is 0. The van der Waals surface area contributed by atoms with Gasteiger partial charge in [-0.15, -0.1) is 24.8 Å². The molecule has 0 saturated carbocycles. The maximum atomic E-state index is 11.1. The van der Waals surface area contributed by atoms with E-state index in [1.165, 1.54) is 6.42 Å². The number of carbonyl (C=O) groups is 1. The largest absolute Gasteiger partial charge is 0.481 e. The highest BCUT2D eigenvalue weighted by atomic mass is 35.5. The number of anilines is 1. The lowest BCUT2D eigenvalue weighted by Crippen LogP contribution is -2.44. The summed E-state index contributed by atoms with van der Waals surface area (Å²) < 4.78 is 6.22. The second-order valence-corrected chi connectivity index (χ2v) is 12.7. The van der Waals surface area contributed by atoms with E-state index in [4.69, 9.17) is 38.0 Å². The normalized spacial score (nSPS) is 20.8. The van der Waals surface area contributed by atoms with Crippen LogP contribution in [0.3, 0.4) is 0 Å². The molecule has 1 N–H and O–H groups in total. The average molecular weight is 684 g/mol. The number of carboxylic acids is 1. The summed E-state index contributed by atoms with van der Waals surface area (Å²) in [5.74, 6) is 1.88. The minimum atomic E-state index is -0.724. The molecular weight excluding hydrogens is 646 g/mol. The molecule has 3 saturated heterocycles. The summed E-state index contributed by atoms with van der Waals surface area (Å²) in [6.07, 6.45) is 7.73. The van der Waals surface area contributed by atoms with Crippen LogP contribution in [0.2, 0.25) is 10.0 Å². The molecule has 9 nitrogen and oxygen atoms in total. The smallest absolute Gasteiger partial charge is 0.303 e. The van der Waals surface area contributed by atoms with E-state index in [-0.39, 0.29) is 37.2 Å². The fourth-order valence-electron chi connectivity index (χ4n) is 6.65. The summed E-state index contributed by atoms with van der Waals surface area (Å²) in [6.45, 7) is 5.60. The molecule has 2 unspecified atom stereocenters. The molecule has 6 rings (SSSR count). The first kappa shape index (κ1) is 34.5. The summed E-state index contributed by atoms with van der Waals surface area (Å²) in [7, 11) is 2.20. The predicted molar refractivity (Wildman–Crippen MR) is 178 cm³/mol. The van der Waals surface area contributed by atoms with Gasteiger partial charge in [-0.3, -0.25) is 9.69 Å². The van der Waals surface area contributed by atoms with Crippen LogP contribution in [0.5, 0.6) is 11.6 Å². The van der Waals surface area contributed by atoms with Crippen molar-refractivity contribution in [3.05, 3.63) is 58.3 Å². The molecular formula is C31H38Cl4N6O3. The zero-order chi connectivity index (χ0) is 29.2. The summed E-state index contributed by atoms with van der Waals surface area (Å²) in [4.78, 5) is 32.4. The van der Waals surface area contributed by atoms with Gasteiger partial charge in [0, 0.05) is 53.8 Å². The topological polar surface area (TPSA) is 94.9 Å². The maximum Gasteiger partial charge on any atom is 0.303 e. The first-order chi connectivity index (χ1) is 20.3. The summed E-state index contributed by atoms with van der Waals surface area (Å²) in [6, 6.07) is 9.84. The summed E-state index contributed by atoms with van der Waals surface area (Å²) >= 11 is 12.6. The van der Waals surface area contributed by atoms with Crippen LogP contribution in [0.25, 0.3) is 11.3 Å². The fourth-order valence-corrected chi connectivity index (χ4v) is 7.18. The Morgan fingerprint density at radius 3 is 2.34 bits per heavy atom. The van der Waals surface area contributed by atoms with E-state index >= 15 is 0 Å². The molecule has 0 amide bonds. The van der Waals surface area contributed by atoms with Crippen molar-refractivity contribution in [1.29, 1.82) is 0 Å². The van der Waals surface area contributed by atoms with Crippen molar-refractivity contribution in [3.8, 4) is 22.9 Å². The van der Waals surface area contributed by atoms with Crippen molar-refractivity contribution in [2.24, 2.45) is 11.8 Å². The van der Waals surface area contributed by atoms with Crippen LogP contribution in [0.4, 0.5) is 5.95 Å². The molecule has 5 heterocycles. The van der Waals surface area contributed by atoms with Crippen LogP contribution in [-0.2, 0) is 11.3 Å². The van der Waals surface area contributed by atoms with Gasteiger partial charge in [0.05, 0.1) is 18.1 Å². The maximum absolute atomic E-state index is 11.1. The monoisotopic (exact) mass is 682 g/mol. The molecule has 44 heavy (non-hydrogen) atoms. The van der Waals surface area contributed by atoms with E-state index < -0.39 is 5.97 Å². The quantitative estimate of drug-likeness (QED) is 0.278. The van der Waals surface area contributed by atoms with Gasteiger partial charge in [0.2, 0.25) is 11.8 Å². The highest BCUT2D eigenvalue weighted by molar-refractivity contribution is 6.35. The number of nitrogens with zero attached hydrogens (tertiary/aromatic N) is 6. The second-order valence-electron chi connectivity index (χ2n) is 11.9. The standard InChI is InChI=1S/C31H36Cl2N6O3.2ClH/c1-37-6-5-28-22(19-37)4-9-39(28)31-34-16-26(17-35-31)42-29-11-21(18-38-7-2-20(3-8-38)12-30(40)41)10-27(36-29)23-13-24(32)15-25(33)14-23;;/h10-11,13-17,20,22,28H,2-9,12,18-19H2,1H3,(H,40,41);2*1H. The molecule has 0 aliphatic carbocycles. The Balaban J connectivity index is 0.00000221. The van der Waals surface area contributed by atoms with E-state index in [0.717, 1.165) is 69.1 Å². The lowest BCUT2D eigenvalue weighted by atomic mass is 9.93. The Morgan fingerprint density at radius 1 is 0.955 bits per heavy atom. The Labute approximate surface area is 280 Å². The van der Waals surface area contributed by atoms with Gasteiger partial charge in [0.1, 0.15) is 0 Å². The third kappa shape index (κ3) is 8.44. The summed E-state index contributed by atoms with van der Waals surface area (Å²) in [5, 5.41) is 10.2. The van der Waals surface area contributed by atoms with E-state index in [9.17, 15) is 4.79 Å². The molecule has 238 valence electrons. The lowest BCUT2D eigenvalue weighted by molar-refractivity contribution is -0.138. The highest BCUT2D eigenvalue weighted by Crippen LogP contribution is 2.34. The molecule has 0 spiro atoms. The zero-order valence-corrected chi connectivity index (χ0v) is 27.7. The van der Waals surface area contributed by atoms with Gasteiger partial charge in [-0.05, 0) is 94.0 Å².